The minimum Gasteiger partial charge on any atom is -0.493 e. The van der Waals surface area contributed by atoms with E-state index in [0.717, 1.165) is 24.0 Å². The zero-order chi connectivity index (χ0) is 22.6. The number of benzene rings is 2. The molecule has 2 rings (SSSR count). The Labute approximate surface area is 185 Å². The first-order chi connectivity index (χ1) is 15.0. The molecule has 6 nitrogen and oxygen atoms in total. The van der Waals surface area contributed by atoms with Crippen molar-refractivity contribution in [2.24, 2.45) is 0 Å². The molecule has 0 saturated heterocycles. The molecule has 0 aliphatic carbocycles. The van der Waals surface area contributed by atoms with Crippen LogP contribution in [0, 0.1) is 0 Å². The highest BCUT2D eigenvalue weighted by Gasteiger charge is 2.25. The number of amides is 2. The molecule has 1 N–H and O–H groups in total. The Morgan fingerprint density at radius 1 is 1.00 bits per heavy atom. The normalized spacial score (nSPS) is 11.5. The number of aryl methyl sites for hydroxylation is 1. The second-order valence-corrected chi connectivity index (χ2v) is 7.52. The number of nitrogens with one attached hydrogen (secondary N) is 1. The minimum absolute atomic E-state index is 0.0585. The lowest BCUT2D eigenvalue weighted by Crippen LogP contribution is -2.47. The average Bonchev–Trinajstić information content (AvgIpc) is 2.81. The van der Waals surface area contributed by atoms with Crippen molar-refractivity contribution in [1.82, 2.24) is 10.2 Å². The fourth-order valence-corrected chi connectivity index (χ4v) is 3.33. The molecule has 31 heavy (non-hydrogen) atoms. The van der Waals surface area contributed by atoms with Crippen LogP contribution in [0.4, 0.5) is 0 Å². The molecule has 6 heteroatoms. The summed E-state index contributed by atoms with van der Waals surface area (Å²) in [6.45, 7) is 4.89. The first-order valence-electron chi connectivity index (χ1n) is 10.8. The molecular weight excluding hydrogens is 392 g/mol. The van der Waals surface area contributed by atoms with Crippen LogP contribution in [-0.2, 0) is 22.6 Å². The molecular formula is C25H34N2O4. The molecule has 0 aromatic heterocycles. The maximum Gasteiger partial charge on any atom is 0.242 e. The van der Waals surface area contributed by atoms with E-state index in [9.17, 15) is 9.59 Å². The molecule has 0 fully saturated rings. The van der Waals surface area contributed by atoms with Gasteiger partial charge < -0.3 is 19.7 Å². The third-order valence-electron chi connectivity index (χ3n) is 5.27. The van der Waals surface area contributed by atoms with E-state index in [1.54, 1.807) is 26.0 Å². The summed E-state index contributed by atoms with van der Waals surface area (Å²) >= 11 is 0. The van der Waals surface area contributed by atoms with E-state index < -0.39 is 6.04 Å². The molecule has 2 aromatic rings. The largest absolute Gasteiger partial charge is 0.493 e. The smallest absolute Gasteiger partial charge is 0.242 e. The van der Waals surface area contributed by atoms with Crippen LogP contribution in [-0.4, -0.2) is 43.5 Å². The maximum absolute atomic E-state index is 13.2. The van der Waals surface area contributed by atoms with E-state index in [2.05, 4.69) is 12.2 Å². The van der Waals surface area contributed by atoms with Crippen LogP contribution in [0.2, 0.25) is 0 Å². The van der Waals surface area contributed by atoms with Gasteiger partial charge in [-0.3, -0.25) is 9.59 Å². The number of carbonyl (C=O) groups is 2. The Morgan fingerprint density at radius 2 is 1.71 bits per heavy atom. The molecule has 0 aliphatic rings. The van der Waals surface area contributed by atoms with Crippen LogP contribution in [0.15, 0.2) is 48.5 Å². The quantitative estimate of drug-likeness (QED) is 0.522. The molecule has 2 amide bonds. The number of hydrogen-bond donors (Lipinski definition) is 1. The van der Waals surface area contributed by atoms with Gasteiger partial charge in [-0.25, -0.2) is 0 Å². The predicted molar refractivity (Wildman–Crippen MR) is 122 cm³/mol. The third-order valence-corrected chi connectivity index (χ3v) is 5.27. The summed E-state index contributed by atoms with van der Waals surface area (Å²) in [6.07, 6.45) is 2.78. The van der Waals surface area contributed by atoms with Gasteiger partial charge in [0.25, 0.3) is 0 Å². The van der Waals surface area contributed by atoms with Crippen LogP contribution < -0.4 is 14.8 Å². The molecule has 0 radical (unpaired) electrons. The highest BCUT2D eigenvalue weighted by Crippen LogP contribution is 2.28. The van der Waals surface area contributed by atoms with Gasteiger partial charge in [0.2, 0.25) is 11.8 Å². The van der Waals surface area contributed by atoms with Crippen molar-refractivity contribution in [1.29, 1.82) is 0 Å². The fourth-order valence-electron chi connectivity index (χ4n) is 3.33. The van der Waals surface area contributed by atoms with E-state index in [4.69, 9.17) is 9.47 Å². The fraction of sp³-hybridized carbons (Fsp3) is 0.440. The standard InChI is InChI=1S/C25H34N2O4/c1-5-6-16-26-25(29)19(2)27(18-21-10-8-7-9-11-21)24(28)15-13-20-12-14-22(30-3)23(17-20)31-4/h7-12,14,17,19H,5-6,13,15-16,18H2,1-4H3,(H,26,29). The lowest BCUT2D eigenvalue weighted by Gasteiger charge is -2.29. The number of rotatable bonds is 12. The van der Waals surface area contributed by atoms with E-state index in [-0.39, 0.29) is 11.8 Å². The first-order valence-corrected chi connectivity index (χ1v) is 10.8. The molecule has 1 unspecified atom stereocenters. The van der Waals surface area contributed by atoms with Crippen molar-refractivity contribution in [3.8, 4) is 11.5 Å². The number of carbonyl (C=O) groups excluding carboxylic acids is 2. The van der Waals surface area contributed by atoms with Crippen molar-refractivity contribution >= 4 is 11.8 Å². The maximum atomic E-state index is 13.2. The molecule has 0 heterocycles. The second kappa shape index (κ2) is 12.6. The van der Waals surface area contributed by atoms with Gasteiger partial charge in [-0.15, -0.1) is 0 Å². The van der Waals surface area contributed by atoms with Gasteiger partial charge in [0.05, 0.1) is 14.2 Å². The Balaban J connectivity index is 2.10. The van der Waals surface area contributed by atoms with Crippen molar-refractivity contribution in [2.75, 3.05) is 20.8 Å². The molecule has 2 aromatic carbocycles. The van der Waals surface area contributed by atoms with Crippen LogP contribution in [0.1, 0.15) is 44.2 Å². The van der Waals surface area contributed by atoms with E-state index >= 15 is 0 Å². The minimum atomic E-state index is -0.546. The highest BCUT2D eigenvalue weighted by molar-refractivity contribution is 5.87. The van der Waals surface area contributed by atoms with Crippen LogP contribution in [0.25, 0.3) is 0 Å². The number of nitrogens with zero attached hydrogens (tertiary/aromatic N) is 1. The molecule has 0 saturated carbocycles. The molecule has 0 spiro atoms. The van der Waals surface area contributed by atoms with Gasteiger partial charge in [0.1, 0.15) is 6.04 Å². The topological polar surface area (TPSA) is 67.9 Å². The van der Waals surface area contributed by atoms with Gasteiger partial charge in [0, 0.05) is 19.5 Å². The van der Waals surface area contributed by atoms with Crippen molar-refractivity contribution in [3.63, 3.8) is 0 Å². The summed E-state index contributed by atoms with van der Waals surface area (Å²) < 4.78 is 10.6. The number of methoxy groups -OCH3 is 2. The van der Waals surface area contributed by atoms with E-state index in [1.807, 2.05) is 48.5 Å². The van der Waals surface area contributed by atoms with Crippen molar-refractivity contribution in [2.45, 2.75) is 52.1 Å². The lowest BCUT2D eigenvalue weighted by atomic mass is 10.1. The summed E-state index contributed by atoms with van der Waals surface area (Å²) in [4.78, 5) is 27.5. The number of hydrogen-bond acceptors (Lipinski definition) is 4. The van der Waals surface area contributed by atoms with Gasteiger partial charge in [0.15, 0.2) is 11.5 Å². The van der Waals surface area contributed by atoms with Crippen LogP contribution >= 0.6 is 0 Å². The average molecular weight is 427 g/mol. The zero-order valence-corrected chi connectivity index (χ0v) is 19.0. The van der Waals surface area contributed by atoms with Crippen molar-refractivity contribution < 1.29 is 19.1 Å². The molecule has 0 aliphatic heterocycles. The monoisotopic (exact) mass is 426 g/mol. The van der Waals surface area contributed by atoms with E-state index in [1.165, 1.54) is 0 Å². The summed E-state index contributed by atoms with van der Waals surface area (Å²) in [6, 6.07) is 14.9. The summed E-state index contributed by atoms with van der Waals surface area (Å²) in [5.74, 6) is 1.11. The van der Waals surface area contributed by atoms with Crippen molar-refractivity contribution in [3.05, 3.63) is 59.7 Å². The van der Waals surface area contributed by atoms with Crippen LogP contribution in [0.3, 0.4) is 0 Å². The van der Waals surface area contributed by atoms with Gasteiger partial charge in [-0.05, 0) is 43.0 Å². The lowest BCUT2D eigenvalue weighted by molar-refractivity contribution is -0.140. The molecule has 1 atom stereocenters. The van der Waals surface area contributed by atoms with Gasteiger partial charge >= 0.3 is 0 Å². The first kappa shape index (κ1) is 24.3. The highest BCUT2D eigenvalue weighted by atomic mass is 16.5. The van der Waals surface area contributed by atoms with Crippen LogP contribution in [0.5, 0.6) is 11.5 Å². The SMILES string of the molecule is CCCCNC(=O)C(C)N(Cc1ccccc1)C(=O)CCc1ccc(OC)c(OC)c1. The Kier molecular flexibility index (Phi) is 9.88. The predicted octanol–water partition coefficient (Wildman–Crippen LogP) is 3.97. The molecule has 168 valence electrons. The third kappa shape index (κ3) is 7.31. The summed E-state index contributed by atoms with van der Waals surface area (Å²) in [7, 11) is 3.18. The van der Waals surface area contributed by atoms with E-state index in [0.29, 0.717) is 37.4 Å². The second-order valence-electron chi connectivity index (χ2n) is 7.52. The summed E-state index contributed by atoms with van der Waals surface area (Å²) in [5, 5.41) is 2.94. The van der Waals surface area contributed by atoms with Gasteiger partial charge in [-0.2, -0.15) is 0 Å². The summed E-state index contributed by atoms with van der Waals surface area (Å²) in [5.41, 5.74) is 1.97. The zero-order valence-electron chi connectivity index (χ0n) is 19.0. The Hall–Kier alpha value is -3.02. The number of unbranched alkanes of at least 4 members (excludes halogenated alkanes) is 1. The Morgan fingerprint density at radius 3 is 2.35 bits per heavy atom. The Bertz CT molecular complexity index is 839. The number of ether oxygens (including phenoxy) is 2. The molecule has 0 bridgehead atoms. The van der Waals surface area contributed by atoms with Gasteiger partial charge in [-0.1, -0.05) is 49.7 Å².